The van der Waals surface area contributed by atoms with Crippen molar-refractivity contribution in [1.82, 2.24) is 14.9 Å². The molecule has 2 saturated heterocycles. The molecule has 1 aromatic heterocycles. The third-order valence-electron chi connectivity index (χ3n) is 11.1. The highest BCUT2D eigenvalue weighted by Gasteiger charge is 2.93. The average Bonchev–Trinajstić information content (AvgIpc) is 3.24. The molecule has 1 aromatic carbocycles. The van der Waals surface area contributed by atoms with Gasteiger partial charge in [-0.2, -0.15) is 0 Å². The van der Waals surface area contributed by atoms with Crippen LogP contribution in [0.25, 0.3) is 0 Å². The molecule has 34 heavy (non-hydrogen) atoms. The van der Waals surface area contributed by atoms with E-state index in [-0.39, 0.29) is 5.41 Å². The molecule has 0 radical (unpaired) electrons. The van der Waals surface area contributed by atoms with E-state index in [1.54, 1.807) is 0 Å². The van der Waals surface area contributed by atoms with Crippen molar-refractivity contribution in [1.29, 1.82) is 0 Å². The van der Waals surface area contributed by atoms with E-state index in [4.69, 9.17) is 16.5 Å². The molecule has 3 heterocycles. The van der Waals surface area contributed by atoms with Crippen molar-refractivity contribution in [2.24, 2.45) is 22.7 Å². The van der Waals surface area contributed by atoms with Gasteiger partial charge in [0.25, 0.3) is 0 Å². The number of benzene rings is 1. The normalized spacial score (nSPS) is 42.6. The van der Waals surface area contributed by atoms with Gasteiger partial charge in [-0.05, 0) is 93.2 Å². The third kappa shape index (κ3) is 1.78. The number of aryl methyl sites for hydroxylation is 2. The van der Waals surface area contributed by atoms with Crippen LogP contribution in [0.15, 0.2) is 36.5 Å². The number of aromatic hydroxyl groups is 1. The summed E-state index contributed by atoms with van der Waals surface area (Å²) in [6, 6.07) is 9.46. The van der Waals surface area contributed by atoms with Gasteiger partial charge in [-0.25, -0.2) is 9.97 Å². The summed E-state index contributed by atoms with van der Waals surface area (Å²) in [5.41, 5.74) is 7.09. The van der Waals surface area contributed by atoms with Gasteiger partial charge in [-0.15, -0.1) is 0 Å². The molecule has 5 heteroatoms. The smallest absolute Gasteiger partial charge is 0.230 e. The number of hydrogen-bond acceptors (Lipinski definition) is 5. The number of allylic oxidation sites excluding steroid dienone is 1. The first-order valence-electron chi connectivity index (χ1n) is 13.2. The maximum atomic E-state index is 10.6. The number of fused-ring (bicyclic) bond motifs is 1. The van der Waals surface area contributed by atoms with Crippen LogP contribution in [0.4, 0.5) is 5.95 Å². The van der Waals surface area contributed by atoms with Gasteiger partial charge in [0.05, 0.1) is 0 Å². The highest BCUT2D eigenvalue weighted by atomic mass is 16.3. The molecule has 2 spiro atoms. The van der Waals surface area contributed by atoms with Crippen molar-refractivity contribution < 1.29 is 5.11 Å². The Balaban J connectivity index is 1.33. The molecule has 176 valence electrons. The van der Waals surface area contributed by atoms with Gasteiger partial charge in [0.2, 0.25) is 5.95 Å². The second-order valence-corrected chi connectivity index (χ2v) is 12.3. The molecule has 6 aliphatic rings. The Morgan fingerprint density at radius 2 is 1.94 bits per heavy atom. The Morgan fingerprint density at radius 3 is 2.71 bits per heavy atom. The van der Waals surface area contributed by atoms with Crippen LogP contribution in [0.1, 0.15) is 55.1 Å². The van der Waals surface area contributed by atoms with Crippen molar-refractivity contribution in [2.45, 2.75) is 70.4 Å². The predicted molar refractivity (Wildman–Crippen MR) is 132 cm³/mol. The van der Waals surface area contributed by atoms with E-state index < -0.39 is 0 Å². The maximum absolute atomic E-state index is 10.6. The Hall–Kier alpha value is -2.40. The number of aromatic nitrogens is 2. The summed E-state index contributed by atoms with van der Waals surface area (Å²) in [6.07, 6.45) is 6.09. The summed E-state index contributed by atoms with van der Waals surface area (Å²) in [5, 5.41) is 10.6. The standard InChI is InChI=1S/C29H34N4O/c1-5-10-32-15-28-13-19-6-7-20(34)12-22(19)29(28)24-21-14-27(29,25(28)32)9-8-23(24)33(18(21)4)26-30-16(2)11-17(3)31-26/h6-7,11-12,21,23-25,34H,4-5,8-10,13-15H2,1-3H3/t21-,23?,24?,25?,27?,28?,29?/m1/s1. The fourth-order valence-electron chi connectivity index (χ4n) is 11.0. The molecule has 6 unspecified atom stereocenters. The zero-order chi connectivity index (χ0) is 23.2. The number of hydrogen-bond donors (Lipinski definition) is 1. The van der Waals surface area contributed by atoms with E-state index in [1.165, 1.54) is 62.0 Å². The van der Waals surface area contributed by atoms with Crippen LogP contribution < -0.4 is 4.90 Å². The lowest BCUT2D eigenvalue weighted by molar-refractivity contribution is -0.319. The number of phenolic OH excluding ortho intramolecular Hbond substituents is 1. The Kier molecular flexibility index (Phi) is 3.43. The number of nitrogens with zero attached hydrogens (tertiary/aromatic N) is 4. The van der Waals surface area contributed by atoms with Crippen LogP contribution >= 0.6 is 0 Å². The minimum atomic E-state index is 0.160. The second-order valence-electron chi connectivity index (χ2n) is 12.3. The van der Waals surface area contributed by atoms with Crippen LogP contribution in [0.2, 0.25) is 0 Å². The molecule has 0 amide bonds. The molecular weight excluding hydrogens is 420 g/mol. The van der Waals surface area contributed by atoms with E-state index >= 15 is 0 Å². The minimum absolute atomic E-state index is 0.160. The Morgan fingerprint density at radius 1 is 1.15 bits per heavy atom. The fraction of sp³-hybridized carbons (Fsp3) is 0.586. The Labute approximate surface area is 201 Å². The number of phenols is 1. The van der Waals surface area contributed by atoms with Gasteiger partial charge in [-0.3, -0.25) is 4.90 Å². The number of likely N-dealkylation sites (tertiary alicyclic amines) is 1. The predicted octanol–water partition coefficient (Wildman–Crippen LogP) is 4.51. The molecule has 2 bridgehead atoms. The molecule has 2 aliphatic heterocycles. The van der Waals surface area contributed by atoms with Crippen molar-refractivity contribution in [3.63, 3.8) is 0 Å². The van der Waals surface area contributed by atoms with Crippen molar-refractivity contribution >= 4 is 5.95 Å². The van der Waals surface area contributed by atoms with Gasteiger partial charge in [0.1, 0.15) is 5.75 Å². The lowest BCUT2D eigenvalue weighted by atomic mass is 9.27. The van der Waals surface area contributed by atoms with Crippen molar-refractivity contribution in [3.05, 3.63) is 59.1 Å². The largest absolute Gasteiger partial charge is 0.508 e. The zero-order valence-corrected chi connectivity index (χ0v) is 20.5. The summed E-state index contributed by atoms with van der Waals surface area (Å²) in [5.74, 6) is 2.31. The molecule has 4 aliphatic carbocycles. The van der Waals surface area contributed by atoms with Crippen LogP contribution in [0.3, 0.4) is 0 Å². The first kappa shape index (κ1) is 19.9. The van der Waals surface area contributed by atoms with Crippen molar-refractivity contribution in [3.8, 4) is 5.75 Å². The average molecular weight is 455 g/mol. The second kappa shape index (κ2) is 5.87. The number of rotatable bonds is 3. The van der Waals surface area contributed by atoms with Gasteiger partial charge in [0.15, 0.2) is 0 Å². The number of anilines is 1. The molecular formula is C29H34N4O. The molecule has 1 N–H and O–H groups in total. The zero-order valence-electron chi connectivity index (χ0n) is 20.5. The fourth-order valence-corrected chi connectivity index (χ4v) is 11.0. The summed E-state index contributed by atoms with van der Waals surface area (Å²) in [4.78, 5) is 15.1. The number of piperidine rings is 1. The summed E-state index contributed by atoms with van der Waals surface area (Å²) in [7, 11) is 0. The quantitative estimate of drug-likeness (QED) is 0.740. The van der Waals surface area contributed by atoms with Crippen LogP contribution in [-0.2, 0) is 11.8 Å². The van der Waals surface area contributed by atoms with Gasteiger partial charge < -0.3 is 10.0 Å². The summed E-state index contributed by atoms with van der Waals surface area (Å²) in [6.45, 7) is 13.6. The molecule has 3 saturated carbocycles. The first-order valence-corrected chi connectivity index (χ1v) is 13.2. The summed E-state index contributed by atoms with van der Waals surface area (Å²) >= 11 is 0. The SMILES string of the molecule is C=C1[C@H]2CC34CCC(C2C32c3cc(O)ccc3CC23CN(CCC)C43)N1c1nc(C)cc(C)n1. The monoisotopic (exact) mass is 454 g/mol. The lowest BCUT2D eigenvalue weighted by Gasteiger charge is -2.84. The van der Waals surface area contributed by atoms with E-state index in [9.17, 15) is 5.11 Å². The van der Waals surface area contributed by atoms with Gasteiger partial charge in [-0.1, -0.05) is 19.6 Å². The van der Waals surface area contributed by atoms with E-state index in [2.05, 4.69) is 48.8 Å². The van der Waals surface area contributed by atoms with Gasteiger partial charge >= 0.3 is 0 Å². The lowest BCUT2D eigenvalue weighted by Crippen LogP contribution is -2.91. The first-order chi connectivity index (χ1) is 16.4. The Bertz CT molecular complexity index is 1270. The molecule has 5 nitrogen and oxygen atoms in total. The topological polar surface area (TPSA) is 52.5 Å². The molecule has 2 aromatic rings. The molecule has 8 rings (SSSR count). The summed E-state index contributed by atoms with van der Waals surface area (Å²) < 4.78 is 0. The van der Waals surface area contributed by atoms with E-state index in [0.29, 0.717) is 40.5 Å². The third-order valence-corrected chi connectivity index (χ3v) is 11.1. The van der Waals surface area contributed by atoms with Crippen LogP contribution in [-0.4, -0.2) is 45.1 Å². The maximum Gasteiger partial charge on any atom is 0.230 e. The van der Waals surface area contributed by atoms with Crippen molar-refractivity contribution in [2.75, 3.05) is 18.0 Å². The van der Waals surface area contributed by atoms with E-state index in [0.717, 1.165) is 17.3 Å². The highest BCUT2D eigenvalue weighted by Crippen LogP contribution is 2.90. The highest BCUT2D eigenvalue weighted by molar-refractivity contribution is 5.65. The van der Waals surface area contributed by atoms with Gasteiger partial charge in [0, 0.05) is 52.5 Å². The van der Waals surface area contributed by atoms with E-state index in [1.807, 2.05) is 6.07 Å². The minimum Gasteiger partial charge on any atom is -0.508 e. The molecule has 5 fully saturated rings. The van der Waals surface area contributed by atoms with Crippen LogP contribution in [0, 0.1) is 36.5 Å². The van der Waals surface area contributed by atoms with Crippen LogP contribution in [0.5, 0.6) is 5.75 Å². The molecule has 7 atom stereocenters.